The summed E-state index contributed by atoms with van der Waals surface area (Å²) in [6.45, 7) is 0.284. The molecule has 0 bridgehead atoms. The third kappa shape index (κ3) is 3.29. The Labute approximate surface area is 157 Å². The van der Waals surface area contributed by atoms with E-state index in [1.54, 1.807) is 30.5 Å². The largest absolute Gasteiger partial charge is 0.416 e. The van der Waals surface area contributed by atoms with Crippen LogP contribution >= 0.6 is 0 Å². The van der Waals surface area contributed by atoms with Crippen LogP contribution in [-0.2, 0) is 12.7 Å². The predicted molar refractivity (Wildman–Crippen MR) is 100 cm³/mol. The Morgan fingerprint density at radius 2 is 1.75 bits per heavy atom. The van der Waals surface area contributed by atoms with Crippen molar-refractivity contribution in [2.24, 2.45) is 5.73 Å². The van der Waals surface area contributed by atoms with Gasteiger partial charge in [-0.2, -0.15) is 13.2 Å². The van der Waals surface area contributed by atoms with E-state index in [1.165, 1.54) is 22.8 Å². The maximum absolute atomic E-state index is 12.7. The molecule has 2 aromatic carbocycles. The van der Waals surface area contributed by atoms with Crippen molar-refractivity contribution in [3.05, 3.63) is 82.5 Å². The Balaban J connectivity index is 1.69. The quantitative estimate of drug-likeness (QED) is 0.563. The highest BCUT2D eigenvalue weighted by Crippen LogP contribution is 2.30. The number of H-pyrrole nitrogens is 1. The molecule has 0 atom stereocenters. The van der Waals surface area contributed by atoms with Crippen molar-refractivity contribution < 1.29 is 13.2 Å². The average Bonchev–Trinajstić information content (AvgIpc) is 3.10. The zero-order chi connectivity index (χ0) is 19.9. The molecule has 2 heterocycles. The lowest BCUT2D eigenvalue weighted by Crippen LogP contribution is -2.16. The average molecular weight is 384 g/mol. The summed E-state index contributed by atoms with van der Waals surface area (Å²) in [6.07, 6.45) is -2.80. The summed E-state index contributed by atoms with van der Waals surface area (Å²) in [5, 5.41) is 0. The minimum absolute atomic E-state index is 0.284. The van der Waals surface area contributed by atoms with Crippen molar-refractivity contribution in [3.63, 3.8) is 0 Å². The maximum Gasteiger partial charge on any atom is 0.416 e. The number of aromatic nitrogens is 3. The van der Waals surface area contributed by atoms with Crippen LogP contribution in [0.4, 0.5) is 13.2 Å². The van der Waals surface area contributed by atoms with Crippen molar-refractivity contribution in [3.8, 4) is 16.8 Å². The number of pyridine rings is 1. The molecule has 5 nitrogen and oxygen atoms in total. The molecule has 0 radical (unpaired) electrons. The normalized spacial score (nSPS) is 11.9. The summed E-state index contributed by atoms with van der Waals surface area (Å²) in [7, 11) is 0. The molecule has 0 aliphatic rings. The molecule has 4 rings (SSSR count). The smallest absolute Gasteiger partial charge is 0.341 e. The number of hydrogen-bond donors (Lipinski definition) is 2. The fourth-order valence-corrected chi connectivity index (χ4v) is 3.02. The van der Waals surface area contributed by atoms with E-state index in [1.807, 2.05) is 0 Å². The summed E-state index contributed by atoms with van der Waals surface area (Å²) in [4.78, 5) is 20.0. The fourth-order valence-electron chi connectivity index (χ4n) is 3.02. The topological polar surface area (TPSA) is 76.7 Å². The summed E-state index contributed by atoms with van der Waals surface area (Å²) < 4.78 is 39.5. The minimum Gasteiger partial charge on any atom is -0.341 e. The van der Waals surface area contributed by atoms with Crippen LogP contribution in [0.15, 0.2) is 65.6 Å². The van der Waals surface area contributed by atoms with Crippen LogP contribution in [0.5, 0.6) is 0 Å². The van der Waals surface area contributed by atoms with Crippen LogP contribution in [0.25, 0.3) is 27.8 Å². The number of imidazole rings is 1. The summed E-state index contributed by atoms with van der Waals surface area (Å²) >= 11 is 0. The lowest BCUT2D eigenvalue weighted by molar-refractivity contribution is -0.137. The van der Waals surface area contributed by atoms with Crippen LogP contribution in [0.1, 0.15) is 11.4 Å². The Kier molecular flexibility index (Phi) is 4.27. The molecule has 8 heteroatoms. The number of halogens is 3. The van der Waals surface area contributed by atoms with Gasteiger partial charge in [0, 0.05) is 12.3 Å². The third-order valence-corrected chi connectivity index (χ3v) is 4.45. The van der Waals surface area contributed by atoms with Crippen LogP contribution in [0.2, 0.25) is 0 Å². The number of aromatic amines is 1. The summed E-state index contributed by atoms with van der Waals surface area (Å²) in [5.74, 6) is 0.650. The Morgan fingerprint density at radius 1 is 1.00 bits per heavy atom. The van der Waals surface area contributed by atoms with Crippen LogP contribution in [0, 0.1) is 0 Å². The number of hydrogen-bond acceptors (Lipinski definition) is 3. The number of alkyl halides is 3. The number of nitrogens with one attached hydrogen (secondary N) is 1. The van der Waals surface area contributed by atoms with Gasteiger partial charge in [0.1, 0.15) is 5.82 Å². The molecule has 28 heavy (non-hydrogen) atoms. The second-order valence-electron chi connectivity index (χ2n) is 6.29. The monoisotopic (exact) mass is 384 g/mol. The van der Waals surface area contributed by atoms with E-state index >= 15 is 0 Å². The van der Waals surface area contributed by atoms with Gasteiger partial charge in [0.25, 0.3) is 5.56 Å². The highest BCUT2D eigenvalue weighted by Gasteiger charge is 2.29. The molecule has 0 aliphatic carbocycles. The van der Waals surface area contributed by atoms with E-state index < -0.39 is 11.7 Å². The van der Waals surface area contributed by atoms with Gasteiger partial charge in [0.15, 0.2) is 0 Å². The Morgan fingerprint density at radius 3 is 2.39 bits per heavy atom. The molecular weight excluding hydrogens is 369 g/mol. The second-order valence-corrected chi connectivity index (χ2v) is 6.29. The summed E-state index contributed by atoms with van der Waals surface area (Å²) in [5.41, 5.74) is 7.79. The summed E-state index contributed by atoms with van der Waals surface area (Å²) in [6, 6.07) is 13.1. The van der Waals surface area contributed by atoms with Gasteiger partial charge >= 0.3 is 6.18 Å². The van der Waals surface area contributed by atoms with Crippen molar-refractivity contribution in [1.82, 2.24) is 14.5 Å². The van der Waals surface area contributed by atoms with Gasteiger partial charge in [0.2, 0.25) is 0 Å². The molecule has 0 fully saturated rings. The molecule has 0 aliphatic heterocycles. The van der Waals surface area contributed by atoms with Gasteiger partial charge in [-0.15, -0.1) is 0 Å². The lowest BCUT2D eigenvalue weighted by atomic mass is 10.0. The highest BCUT2D eigenvalue weighted by atomic mass is 19.4. The van der Waals surface area contributed by atoms with E-state index in [-0.39, 0.29) is 12.1 Å². The minimum atomic E-state index is -4.39. The first-order valence-electron chi connectivity index (χ1n) is 8.44. The van der Waals surface area contributed by atoms with Gasteiger partial charge in [0.05, 0.1) is 28.8 Å². The van der Waals surface area contributed by atoms with Crippen LogP contribution < -0.4 is 11.3 Å². The zero-order valence-electron chi connectivity index (χ0n) is 14.5. The van der Waals surface area contributed by atoms with Gasteiger partial charge in [-0.05, 0) is 47.5 Å². The molecule has 0 unspecified atom stereocenters. The van der Waals surface area contributed by atoms with Gasteiger partial charge in [-0.1, -0.05) is 12.1 Å². The molecule has 2 aromatic heterocycles. The van der Waals surface area contributed by atoms with Gasteiger partial charge < -0.3 is 10.7 Å². The standard InChI is InChI=1S/C20H15F3N4O/c21-20(22,23)14-3-1-12(2-4-14)13-7-8-27(19(28)9-13)15-5-6-16-17(10-15)26-18(11-24)25-16/h1-10H,11,24H2,(H,25,26). The molecule has 142 valence electrons. The molecule has 0 spiro atoms. The molecule has 0 amide bonds. The number of rotatable bonds is 3. The van der Waals surface area contributed by atoms with E-state index in [0.717, 1.165) is 23.2 Å². The number of fused-ring (bicyclic) bond motifs is 1. The van der Waals surface area contributed by atoms with E-state index in [2.05, 4.69) is 9.97 Å². The molecule has 4 aromatic rings. The van der Waals surface area contributed by atoms with Crippen molar-refractivity contribution in [2.45, 2.75) is 12.7 Å². The Bertz CT molecular complexity index is 1210. The third-order valence-electron chi connectivity index (χ3n) is 4.45. The van der Waals surface area contributed by atoms with Crippen LogP contribution in [0.3, 0.4) is 0 Å². The van der Waals surface area contributed by atoms with Crippen LogP contribution in [-0.4, -0.2) is 14.5 Å². The lowest BCUT2D eigenvalue weighted by Gasteiger charge is -2.09. The fraction of sp³-hybridized carbons (Fsp3) is 0.100. The number of benzene rings is 2. The van der Waals surface area contributed by atoms with Crippen molar-refractivity contribution in [1.29, 1.82) is 0 Å². The first-order valence-corrected chi connectivity index (χ1v) is 8.44. The molecule has 0 saturated carbocycles. The maximum atomic E-state index is 12.7. The Hall–Kier alpha value is -3.39. The van der Waals surface area contributed by atoms with Gasteiger partial charge in [-0.3, -0.25) is 9.36 Å². The molecular formula is C20H15F3N4O. The van der Waals surface area contributed by atoms with Crippen molar-refractivity contribution >= 4 is 11.0 Å². The van der Waals surface area contributed by atoms with E-state index in [4.69, 9.17) is 5.73 Å². The highest BCUT2D eigenvalue weighted by molar-refractivity contribution is 5.77. The number of nitrogens with two attached hydrogens (primary N) is 1. The zero-order valence-corrected chi connectivity index (χ0v) is 14.5. The van der Waals surface area contributed by atoms with E-state index in [9.17, 15) is 18.0 Å². The molecule has 0 saturated heterocycles. The SMILES string of the molecule is NCc1nc2ccc(-n3ccc(-c4ccc(C(F)(F)F)cc4)cc3=O)cc2[nH]1. The van der Waals surface area contributed by atoms with E-state index in [0.29, 0.717) is 22.6 Å². The first-order chi connectivity index (χ1) is 13.3. The van der Waals surface area contributed by atoms with Gasteiger partial charge in [-0.25, -0.2) is 4.98 Å². The second kappa shape index (κ2) is 6.65. The van der Waals surface area contributed by atoms with Crippen molar-refractivity contribution in [2.75, 3.05) is 0 Å². The molecule has 3 N–H and O–H groups in total. The predicted octanol–water partition coefficient (Wildman–Crippen LogP) is 3.86. The number of nitrogens with zero attached hydrogens (tertiary/aromatic N) is 2. The first kappa shape index (κ1) is 18.0.